The maximum absolute atomic E-state index is 13.8. The lowest BCUT2D eigenvalue weighted by Crippen LogP contribution is -2.38. The minimum atomic E-state index is -4.67. The highest BCUT2D eigenvalue weighted by Gasteiger charge is 2.30. The molecule has 3 N–H and O–H groups in total. The number of aromatic nitrogens is 1. The lowest BCUT2D eigenvalue weighted by Gasteiger charge is -2.21. The van der Waals surface area contributed by atoms with Crippen molar-refractivity contribution in [3.8, 4) is 0 Å². The van der Waals surface area contributed by atoms with E-state index >= 15 is 0 Å². The fourth-order valence-corrected chi connectivity index (χ4v) is 6.93. The van der Waals surface area contributed by atoms with Crippen molar-refractivity contribution in [1.29, 1.82) is 0 Å². The Labute approximate surface area is 230 Å². The van der Waals surface area contributed by atoms with Gasteiger partial charge in [0.15, 0.2) is 0 Å². The molecule has 9 nitrogen and oxygen atoms in total. The second kappa shape index (κ2) is 10.6. The summed E-state index contributed by atoms with van der Waals surface area (Å²) in [4.78, 5) is 15.9. The SMILES string of the molecule is Cc1cc(C)cc(S(=O)(=O)c2c(C(=O)NCCN(c3ccc(Cl)cc3)S(=O)(=O)O)[nH]c3ccc(Cl)cc23)c1. The van der Waals surface area contributed by atoms with Gasteiger partial charge in [-0.15, -0.1) is 0 Å². The molecule has 0 atom stereocenters. The fraction of sp³-hybridized carbons (Fsp3) is 0.160. The normalized spacial score (nSPS) is 12.0. The molecule has 1 aromatic heterocycles. The van der Waals surface area contributed by atoms with Crippen LogP contribution in [0.25, 0.3) is 10.9 Å². The van der Waals surface area contributed by atoms with Crippen LogP contribution in [0, 0.1) is 13.8 Å². The van der Waals surface area contributed by atoms with Gasteiger partial charge in [0.25, 0.3) is 5.91 Å². The molecule has 38 heavy (non-hydrogen) atoms. The molecule has 0 radical (unpaired) electrons. The smallest absolute Gasteiger partial charge is 0.349 e. The Bertz CT molecular complexity index is 1730. The fourth-order valence-electron chi connectivity index (χ4n) is 4.13. The summed E-state index contributed by atoms with van der Waals surface area (Å²) >= 11 is 12.0. The van der Waals surface area contributed by atoms with E-state index in [1.165, 1.54) is 42.5 Å². The predicted octanol–water partition coefficient (Wildman–Crippen LogP) is 4.96. The van der Waals surface area contributed by atoms with Gasteiger partial charge in [0.05, 0.1) is 17.1 Å². The first-order valence-corrected chi connectivity index (χ1v) is 14.8. The Morgan fingerprint density at radius 1 is 0.921 bits per heavy atom. The van der Waals surface area contributed by atoms with Crippen LogP contribution in [0.1, 0.15) is 21.6 Å². The summed E-state index contributed by atoms with van der Waals surface area (Å²) in [6, 6.07) is 15.2. The zero-order valence-electron chi connectivity index (χ0n) is 20.2. The standard InChI is InChI=1S/C25H23Cl2N3O6S2/c1-15-11-16(2)13-20(12-15)37(32,33)24-21-14-18(27)5-8-22(21)29-23(24)25(31)28-9-10-30(38(34,35)36)19-6-3-17(26)4-7-19/h3-8,11-14,29H,9-10H2,1-2H3,(H,28,31)(H,34,35,36). The molecule has 0 saturated carbocycles. The predicted molar refractivity (Wildman–Crippen MR) is 147 cm³/mol. The maximum Gasteiger partial charge on any atom is 0.360 e. The molecule has 0 saturated heterocycles. The zero-order valence-corrected chi connectivity index (χ0v) is 23.3. The second-order valence-electron chi connectivity index (χ2n) is 8.63. The molecule has 4 rings (SSSR count). The third-order valence-electron chi connectivity index (χ3n) is 5.71. The average Bonchev–Trinajstić information content (AvgIpc) is 3.20. The van der Waals surface area contributed by atoms with Crippen molar-refractivity contribution in [2.75, 3.05) is 17.4 Å². The molecule has 4 aromatic rings. The number of hydrogen-bond donors (Lipinski definition) is 3. The van der Waals surface area contributed by atoms with Gasteiger partial charge in [0.1, 0.15) is 10.6 Å². The van der Waals surface area contributed by atoms with Crippen LogP contribution in [-0.4, -0.2) is 45.4 Å². The van der Waals surface area contributed by atoms with Crippen LogP contribution in [0.15, 0.2) is 70.5 Å². The number of halogens is 2. The van der Waals surface area contributed by atoms with Crippen LogP contribution in [0.5, 0.6) is 0 Å². The van der Waals surface area contributed by atoms with Crippen LogP contribution in [0.2, 0.25) is 10.0 Å². The quantitative estimate of drug-likeness (QED) is 0.246. The van der Waals surface area contributed by atoms with Gasteiger partial charge < -0.3 is 10.3 Å². The van der Waals surface area contributed by atoms with E-state index in [9.17, 15) is 26.2 Å². The van der Waals surface area contributed by atoms with E-state index in [-0.39, 0.29) is 44.7 Å². The van der Waals surface area contributed by atoms with E-state index in [4.69, 9.17) is 23.2 Å². The monoisotopic (exact) mass is 595 g/mol. The van der Waals surface area contributed by atoms with Gasteiger partial charge in [-0.3, -0.25) is 9.35 Å². The maximum atomic E-state index is 13.8. The summed E-state index contributed by atoms with van der Waals surface area (Å²) in [6.45, 7) is 2.96. The van der Waals surface area contributed by atoms with Crippen LogP contribution in [0.3, 0.4) is 0 Å². The van der Waals surface area contributed by atoms with Crippen molar-refractivity contribution in [3.63, 3.8) is 0 Å². The number of sulfone groups is 1. The third-order valence-corrected chi connectivity index (χ3v) is 8.96. The molecule has 1 amide bonds. The molecule has 0 aliphatic carbocycles. The molecular formula is C25H23Cl2N3O6S2. The van der Waals surface area contributed by atoms with Crippen LogP contribution in [0.4, 0.5) is 5.69 Å². The summed E-state index contributed by atoms with van der Waals surface area (Å²) < 4.78 is 61.9. The van der Waals surface area contributed by atoms with E-state index in [2.05, 4.69) is 10.3 Å². The van der Waals surface area contributed by atoms with E-state index in [1.54, 1.807) is 26.0 Å². The summed E-state index contributed by atoms with van der Waals surface area (Å²) in [5, 5.41) is 3.43. The first-order chi connectivity index (χ1) is 17.8. The number of carbonyl (C=O) groups is 1. The molecule has 13 heteroatoms. The second-order valence-corrected chi connectivity index (χ2v) is 12.7. The molecule has 1 heterocycles. The summed E-state index contributed by atoms with van der Waals surface area (Å²) in [6.07, 6.45) is 0. The number of anilines is 1. The number of fused-ring (bicyclic) bond motifs is 1. The Kier molecular flexibility index (Phi) is 7.78. The molecule has 0 aliphatic rings. The van der Waals surface area contributed by atoms with Crippen molar-refractivity contribution in [2.24, 2.45) is 0 Å². The molecule has 0 fully saturated rings. The number of nitrogens with zero attached hydrogens (tertiary/aromatic N) is 1. The Balaban J connectivity index is 1.69. The van der Waals surface area contributed by atoms with Crippen LogP contribution >= 0.6 is 23.2 Å². The van der Waals surface area contributed by atoms with Crippen LogP contribution in [-0.2, 0) is 20.1 Å². The van der Waals surface area contributed by atoms with Gasteiger partial charge in [0.2, 0.25) is 9.84 Å². The van der Waals surface area contributed by atoms with Crippen molar-refractivity contribution in [1.82, 2.24) is 10.3 Å². The molecule has 0 bridgehead atoms. The van der Waals surface area contributed by atoms with Gasteiger partial charge in [-0.1, -0.05) is 29.3 Å². The van der Waals surface area contributed by atoms with Crippen molar-refractivity contribution < 1.29 is 26.2 Å². The highest BCUT2D eigenvalue weighted by atomic mass is 35.5. The van der Waals surface area contributed by atoms with E-state index in [0.29, 0.717) is 14.8 Å². The van der Waals surface area contributed by atoms with Crippen molar-refractivity contribution in [3.05, 3.63) is 87.5 Å². The summed E-state index contributed by atoms with van der Waals surface area (Å²) in [7, 11) is -8.85. The Hall–Kier alpha value is -3.09. The first kappa shape index (κ1) is 27.9. The van der Waals surface area contributed by atoms with Gasteiger partial charge in [-0.2, -0.15) is 8.42 Å². The zero-order chi connectivity index (χ0) is 27.8. The molecule has 3 aromatic carbocycles. The first-order valence-electron chi connectivity index (χ1n) is 11.2. The molecule has 0 aliphatic heterocycles. The summed E-state index contributed by atoms with van der Waals surface area (Å²) in [5.41, 5.74) is 1.75. The lowest BCUT2D eigenvalue weighted by atomic mass is 10.2. The molecule has 0 unspecified atom stereocenters. The third kappa shape index (κ3) is 5.82. The van der Waals surface area contributed by atoms with Crippen LogP contribution < -0.4 is 9.62 Å². The molecule has 200 valence electrons. The van der Waals surface area contributed by atoms with Crippen molar-refractivity contribution >= 4 is 65.8 Å². The minimum Gasteiger partial charge on any atom is -0.349 e. The lowest BCUT2D eigenvalue weighted by molar-refractivity contribution is 0.0947. The largest absolute Gasteiger partial charge is 0.360 e. The van der Waals surface area contributed by atoms with Gasteiger partial charge in [-0.05, 0) is 79.6 Å². The Morgan fingerprint density at radius 3 is 2.13 bits per heavy atom. The van der Waals surface area contributed by atoms with E-state index < -0.39 is 26.0 Å². The number of H-pyrrole nitrogens is 1. The van der Waals surface area contributed by atoms with E-state index in [0.717, 1.165) is 11.1 Å². The average molecular weight is 597 g/mol. The molecular weight excluding hydrogens is 573 g/mol. The minimum absolute atomic E-state index is 0.0187. The number of hydrogen-bond acceptors (Lipinski definition) is 5. The number of rotatable bonds is 8. The number of carbonyl (C=O) groups excluding carboxylic acids is 1. The van der Waals surface area contributed by atoms with E-state index in [1.807, 2.05) is 6.07 Å². The highest BCUT2D eigenvalue weighted by Crippen LogP contribution is 2.34. The summed E-state index contributed by atoms with van der Waals surface area (Å²) in [5.74, 6) is -0.785. The topological polar surface area (TPSA) is 137 Å². The van der Waals surface area contributed by atoms with Gasteiger partial charge >= 0.3 is 10.3 Å². The van der Waals surface area contributed by atoms with Gasteiger partial charge in [-0.25, -0.2) is 12.7 Å². The number of aromatic amines is 1. The number of benzene rings is 3. The Morgan fingerprint density at radius 2 is 1.53 bits per heavy atom. The van der Waals surface area contributed by atoms with Gasteiger partial charge in [0, 0.05) is 27.5 Å². The number of amides is 1. The molecule has 0 spiro atoms. The highest BCUT2D eigenvalue weighted by molar-refractivity contribution is 7.91. The number of nitrogens with one attached hydrogen (secondary N) is 2. The number of aryl methyl sites for hydroxylation is 2. The van der Waals surface area contributed by atoms with Crippen molar-refractivity contribution in [2.45, 2.75) is 23.6 Å².